The van der Waals surface area contributed by atoms with Gasteiger partial charge < -0.3 is 5.73 Å². The maximum atomic E-state index is 5.77. The van der Waals surface area contributed by atoms with E-state index in [0.29, 0.717) is 0 Å². The van der Waals surface area contributed by atoms with Gasteiger partial charge in [-0.25, -0.2) is 0 Å². The molecule has 0 aliphatic heterocycles. The molecule has 1 aromatic heterocycles. The lowest BCUT2D eigenvalue weighted by Crippen LogP contribution is -2.16. The van der Waals surface area contributed by atoms with E-state index in [1.807, 2.05) is 12.1 Å². The smallest absolute Gasteiger partial charge is 0.0273 e. The van der Waals surface area contributed by atoms with Gasteiger partial charge in [0, 0.05) is 18.4 Å². The molecular weight excluding hydrogens is 160 g/mol. The fourth-order valence-electron chi connectivity index (χ4n) is 1.02. The molecule has 1 atom stereocenters. The molecule has 0 saturated carbocycles. The molecule has 2 heteroatoms. The first kappa shape index (κ1) is 9.93. The Labute approximate surface area is 79.5 Å². The molecule has 70 valence electrons. The van der Waals surface area contributed by atoms with Crippen LogP contribution in [0.4, 0.5) is 0 Å². The summed E-state index contributed by atoms with van der Waals surface area (Å²) in [4.78, 5) is 3.95. The Morgan fingerprint density at radius 1 is 1.46 bits per heavy atom. The lowest BCUT2D eigenvalue weighted by atomic mass is 10.1. The standard InChI is InChI=1S/C11H16N2/c1-2-11(12)5-3-4-10-6-8-13-9-7-10/h3-4,6-9,11H,2,5,12H2,1H3/b4-3+. The number of nitrogens with two attached hydrogens (primary N) is 1. The molecule has 1 rings (SSSR count). The highest BCUT2D eigenvalue weighted by Gasteiger charge is 1.93. The molecule has 1 aromatic rings. The van der Waals surface area contributed by atoms with Gasteiger partial charge in [0.2, 0.25) is 0 Å². The zero-order valence-corrected chi connectivity index (χ0v) is 7.98. The van der Waals surface area contributed by atoms with Crippen LogP contribution in [-0.2, 0) is 0 Å². The van der Waals surface area contributed by atoms with Crippen LogP contribution in [0.25, 0.3) is 6.08 Å². The average molecular weight is 176 g/mol. The summed E-state index contributed by atoms with van der Waals surface area (Å²) in [6, 6.07) is 4.25. The van der Waals surface area contributed by atoms with Gasteiger partial charge in [0.05, 0.1) is 0 Å². The first-order valence-corrected chi connectivity index (χ1v) is 4.65. The molecule has 1 unspecified atom stereocenters. The summed E-state index contributed by atoms with van der Waals surface area (Å²) in [6.45, 7) is 2.10. The predicted molar refractivity (Wildman–Crippen MR) is 56.2 cm³/mol. The van der Waals surface area contributed by atoms with Gasteiger partial charge in [0.25, 0.3) is 0 Å². The van der Waals surface area contributed by atoms with E-state index in [1.165, 1.54) is 5.56 Å². The zero-order valence-electron chi connectivity index (χ0n) is 7.98. The van der Waals surface area contributed by atoms with Gasteiger partial charge >= 0.3 is 0 Å². The molecule has 0 fully saturated rings. The van der Waals surface area contributed by atoms with Gasteiger partial charge in [0.1, 0.15) is 0 Å². The van der Waals surface area contributed by atoms with Gasteiger partial charge in [-0.05, 0) is 30.5 Å². The molecule has 0 bridgehead atoms. The predicted octanol–water partition coefficient (Wildman–Crippen LogP) is 2.22. The minimum Gasteiger partial charge on any atom is -0.327 e. The van der Waals surface area contributed by atoms with Crippen molar-refractivity contribution in [2.45, 2.75) is 25.8 Å². The second kappa shape index (κ2) is 5.49. The minimum absolute atomic E-state index is 0.290. The van der Waals surface area contributed by atoms with Gasteiger partial charge in [-0.1, -0.05) is 19.1 Å². The molecule has 0 radical (unpaired) electrons. The van der Waals surface area contributed by atoms with Gasteiger partial charge in [0.15, 0.2) is 0 Å². The van der Waals surface area contributed by atoms with Crippen molar-refractivity contribution < 1.29 is 0 Å². The minimum atomic E-state index is 0.290. The van der Waals surface area contributed by atoms with Crippen LogP contribution in [0, 0.1) is 0 Å². The molecule has 0 aliphatic carbocycles. The van der Waals surface area contributed by atoms with Crippen LogP contribution in [0.3, 0.4) is 0 Å². The van der Waals surface area contributed by atoms with Crippen molar-refractivity contribution in [2.75, 3.05) is 0 Å². The van der Waals surface area contributed by atoms with E-state index in [9.17, 15) is 0 Å². The fraction of sp³-hybridized carbons (Fsp3) is 0.364. The maximum Gasteiger partial charge on any atom is 0.0273 e. The van der Waals surface area contributed by atoms with E-state index in [0.717, 1.165) is 12.8 Å². The third-order valence-electron chi connectivity index (χ3n) is 1.98. The van der Waals surface area contributed by atoms with Crippen LogP contribution in [0.5, 0.6) is 0 Å². The molecule has 2 N–H and O–H groups in total. The van der Waals surface area contributed by atoms with Crippen molar-refractivity contribution in [1.82, 2.24) is 4.98 Å². The Bertz CT molecular complexity index is 254. The van der Waals surface area contributed by atoms with E-state index in [1.54, 1.807) is 12.4 Å². The van der Waals surface area contributed by atoms with Gasteiger partial charge in [-0.3, -0.25) is 4.98 Å². The third-order valence-corrected chi connectivity index (χ3v) is 1.98. The van der Waals surface area contributed by atoms with Crippen LogP contribution in [0.1, 0.15) is 25.3 Å². The van der Waals surface area contributed by atoms with E-state index in [4.69, 9.17) is 5.73 Å². The molecule has 1 heterocycles. The number of aromatic nitrogens is 1. The SMILES string of the molecule is CCC(N)C/C=C/c1ccncc1. The Balaban J connectivity index is 2.41. The first-order valence-electron chi connectivity index (χ1n) is 4.65. The Morgan fingerprint density at radius 3 is 2.77 bits per heavy atom. The summed E-state index contributed by atoms with van der Waals surface area (Å²) in [5, 5.41) is 0. The van der Waals surface area contributed by atoms with Crippen LogP contribution in [0.15, 0.2) is 30.6 Å². The molecule has 0 amide bonds. The summed E-state index contributed by atoms with van der Waals surface area (Å²) in [5.41, 5.74) is 6.95. The Kier molecular flexibility index (Phi) is 4.19. The first-order chi connectivity index (χ1) is 6.33. The summed E-state index contributed by atoms with van der Waals surface area (Å²) in [6.07, 6.45) is 9.75. The van der Waals surface area contributed by atoms with Gasteiger partial charge in [-0.2, -0.15) is 0 Å². The largest absolute Gasteiger partial charge is 0.327 e. The molecule has 0 spiro atoms. The highest BCUT2D eigenvalue weighted by molar-refractivity contribution is 5.47. The molecular formula is C11H16N2. The van der Waals surface area contributed by atoms with Crippen molar-refractivity contribution in [3.05, 3.63) is 36.2 Å². The van der Waals surface area contributed by atoms with Crippen molar-refractivity contribution in [2.24, 2.45) is 5.73 Å². The third kappa shape index (κ3) is 3.85. The second-order valence-corrected chi connectivity index (χ2v) is 3.09. The van der Waals surface area contributed by atoms with Crippen molar-refractivity contribution in [1.29, 1.82) is 0 Å². The number of hydrogen-bond acceptors (Lipinski definition) is 2. The average Bonchev–Trinajstić information content (AvgIpc) is 2.19. The molecule has 0 aromatic carbocycles. The number of rotatable bonds is 4. The fourth-order valence-corrected chi connectivity index (χ4v) is 1.02. The van der Waals surface area contributed by atoms with E-state index in [2.05, 4.69) is 24.1 Å². The highest BCUT2D eigenvalue weighted by atomic mass is 14.6. The van der Waals surface area contributed by atoms with Crippen molar-refractivity contribution in [3.63, 3.8) is 0 Å². The Morgan fingerprint density at radius 2 is 2.15 bits per heavy atom. The van der Waals surface area contributed by atoms with Crippen LogP contribution < -0.4 is 5.73 Å². The number of hydrogen-bond donors (Lipinski definition) is 1. The van der Waals surface area contributed by atoms with Crippen LogP contribution in [-0.4, -0.2) is 11.0 Å². The lowest BCUT2D eigenvalue weighted by Gasteiger charge is -2.02. The zero-order chi connectivity index (χ0) is 9.52. The van der Waals surface area contributed by atoms with Crippen LogP contribution >= 0.6 is 0 Å². The molecule has 2 nitrogen and oxygen atoms in total. The number of pyridine rings is 1. The summed E-state index contributed by atoms with van der Waals surface area (Å²) in [7, 11) is 0. The van der Waals surface area contributed by atoms with Crippen LogP contribution in [0.2, 0.25) is 0 Å². The summed E-state index contributed by atoms with van der Waals surface area (Å²) >= 11 is 0. The maximum absolute atomic E-state index is 5.77. The molecule has 0 saturated heterocycles. The van der Waals surface area contributed by atoms with Gasteiger partial charge in [-0.15, -0.1) is 0 Å². The molecule has 13 heavy (non-hydrogen) atoms. The monoisotopic (exact) mass is 176 g/mol. The highest BCUT2D eigenvalue weighted by Crippen LogP contribution is 2.02. The summed E-state index contributed by atoms with van der Waals surface area (Å²) < 4.78 is 0. The lowest BCUT2D eigenvalue weighted by molar-refractivity contribution is 0.660. The second-order valence-electron chi connectivity index (χ2n) is 3.09. The van der Waals surface area contributed by atoms with Crippen molar-refractivity contribution in [3.8, 4) is 0 Å². The quantitative estimate of drug-likeness (QED) is 0.764. The van der Waals surface area contributed by atoms with E-state index >= 15 is 0 Å². The number of nitrogens with zero attached hydrogens (tertiary/aromatic N) is 1. The van der Waals surface area contributed by atoms with E-state index in [-0.39, 0.29) is 6.04 Å². The molecule has 0 aliphatic rings. The normalized spacial score (nSPS) is 13.4. The van der Waals surface area contributed by atoms with E-state index < -0.39 is 0 Å². The topological polar surface area (TPSA) is 38.9 Å². The van der Waals surface area contributed by atoms with Crippen molar-refractivity contribution >= 4 is 6.08 Å². The summed E-state index contributed by atoms with van der Waals surface area (Å²) in [5.74, 6) is 0. The Hall–Kier alpha value is -1.15.